The van der Waals surface area contributed by atoms with E-state index in [2.05, 4.69) is 37.2 Å². The van der Waals surface area contributed by atoms with Crippen molar-refractivity contribution in [3.63, 3.8) is 0 Å². The smallest absolute Gasteiger partial charge is 0.271 e. The molecule has 2 heterocycles. The van der Waals surface area contributed by atoms with Crippen molar-refractivity contribution in [1.82, 2.24) is 4.57 Å². The summed E-state index contributed by atoms with van der Waals surface area (Å²) in [4.78, 5) is 33.5. The summed E-state index contributed by atoms with van der Waals surface area (Å²) in [6, 6.07) is 26.7. The van der Waals surface area contributed by atoms with Gasteiger partial charge in [0.25, 0.3) is 11.5 Å². The molecule has 1 atom stereocenters. The number of nitrogens with zero attached hydrogens (tertiary/aromatic N) is 2. The number of halogens is 2. The summed E-state index contributed by atoms with van der Waals surface area (Å²) in [6.07, 6.45) is 1.78. The second kappa shape index (κ2) is 14.1. The van der Waals surface area contributed by atoms with Gasteiger partial charge in [-0.05, 0) is 83.4 Å². The van der Waals surface area contributed by atoms with E-state index in [9.17, 15) is 14.7 Å². The van der Waals surface area contributed by atoms with Gasteiger partial charge in [-0.1, -0.05) is 81.9 Å². The maximum Gasteiger partial charge on any atom is 0.271 e. The zero-order chi connectivity index (χ0) is 33.1. The first kappa shape index (κ1) is 32.5. The Balaban J connectivity index is 1.49. The number of aromatic hydroxyl groups is 1. The molecule has 0 saturated heterocycles. The van der Waals surface area contributed by atoms with Crippen LogP contribution in [0.25, 0.3) is 6.08 Å². The zero-order valence-corrected chi connectivity index (χ0v) is 29.4. The first-order chi connectivity index (χ1) is 22.7. The number of amides is 1. The van der Waals surface area contributed by atoms with E-state index in [1.165, 1.54) is 22.0 Å². The highest BCUT2D eigenvalue weighted by atomic mass is 79.9. The summed E-state index contributed by atoms with van der Waals surface area (Å²) in [5, 5.41) is 13.4. The van der Waals surface area contributed by atoms with Crippen molar-refractivity contribution in [2.75, 3.05) is 11.9 Å². The maximum absolute atomic E-state index is 14.4. The molecule has 1 aliphatic rings. The number of allylic oxidation sites excluding steroid dienone is 1. The Labute approximate surface area is 291 Å². The second-order valence-electron chi connectivity index (χ2n) is 10.6. The number of hydrogen-bond acceptors (Lipinski definition) is 7. The molecule has 11 heteroatoms. The summed E-state index contributed by atoms with van der Waals surface area (Å²) >= 11 is 8.42. The lowest BCUT2D eigenvalue weighted by Crippen LogP contribution is -2.40. The van der Waals surface area contributed by atoms with E-state index in [-0.39, 0.29) is 17.1 Å². The molecule has 0 spiro atoms. The molecule has 4 aromatic carbocycles. The van der Waals surface area contributed by atoms with Gasteiger partial charge in [-0.25, -0.2) is 4.99 Å². The molecule has 0 fully saturated rings. The van der Waals surface area contributed by atoms with Gasteiger partial charge < -0.3 is 19.9 Å². The summed E-state index contributed by atoms with van der Waals surface area (Å²) in [5.41, 5.74) is 3.33. The number of anilines is 1. The van der Waals surface area contributed by atoms with Crippen molar-refractivity contribution in [3.05, 3.63) is 148 Å². The molecule has 5 aromatic rings. The topological polar surface area (TPSA) is 102 Å². The van der Waals surface area contributed by atoms with Crippen LogP contribution in [0.1, 0.15) is 36.6 Å². The van der Waals surface area contributed by atoms with Gasteiger partial charge in [-0.2, -0.15) is 0 Å². The molecule has 1 aliphatic heterocycles. The van der Waals surface area contributed by atoms with Crippen LogP contribution in [0.5, 0.6) is 17.2 Å². The normalized spacial score (nSPS) is 14.4. The van der Waals surface area contributed by atoms with E-state index in [1.54, 1.807) is 37.3 Å². The maximum atomic E-state index is 14.4. The highest BCUT2D eigenvalue weighted by molar-refractivity contribution is 9.11. The van der Waals surface area contributed by atoms with Crippen molar-refractivity contribution in [3.8, 4) is 17.2 Å². The molecule has 1 amide bonds. The number of hydrogen-bond donors (Lipinski definition) is 2. The first-order valence-electron chi connectivity index (χ1n) is 14.7. The highest BCUT2D eigenvalue weighted by Crippen LogP contribution is 2.37. The summed E-state index contributed by atoms with van der Waals surface area (Å²) in [7, 11) is 0. The molecule has 6 rings (SSSR count). The fourth-order valence-corrected chi connectivity index (χ4v) is 7.74. The quantitative estimate of drug-likeness (QED) is 0.167. The van der Waals surface area contributed by atoms with Gasteiger partial charge in [0.15, 0.2) is 16.3 Å². The molecule has 0 radical (unpaired) electrons. The molecular weight excluding hydrogens is 746 g/mol. The molecular formula is C36H29Br2N3O5S. The minimum Gasteiger partial charge on any atom is -0.504 e. The Bertz CT molecular complexity index is 2180. The molecule has 0 aliphatic carbocycles. The predicted octanol–water partition coefficient (Wildman–Crippen LogP) is 7.08. The first-order valence-corrected chi connectivity index (χ1v) is 17.1. The third-order valence-corrected chi connectivity index (χ3v) is 9.48. The van der Waals surface area contributed by atoms with Crippen LogP contribution in [0.3, 0.4) is 0 Å². The van der Waals surface area contributed by atoms with E-state index in [1.807, 2.05) is 67.6 Å². The third-order valence-electron chi connectivity index (χ3n) is 7.45. The summed E-state index contributed by atoms with van der Waals surface area (Å²) in [5.74, 6) is 0.403. The minimum atomic E-state index is -0.847. The van der Waals surface area contributed by atoms with Crippen molar-refractivity contribution in [2.24, 2.45) is 4.99 Å². The number of aromatic nitrogens is 1. The van der Waals surface area contributed by atoms with Crippen LogP contribution in [0.4, 0.5) is 5.69 Å². The zero-order valence-electron chi connectivity index (χ0n) is 25.4. The number of carbonyl (C=O) groups is 1. The lowest BCUT2D eigenvalue weighted by atomic mass is 9.94. The summed E-state index contributed by atoms with van der Waals surface area (Å²) in [6.45, 7) is 4.24. The van der Waals surface area contributed by atoms with Crippen molar-refractivity contribution < 1.29 is 19.4 Å². The number of nitrogens with one attached hydrogen (secondary N) is 1. The van der Waals surface area contributed by atoms with E-state index >= 15 is 0 Å². The van der Waals surface area contributed by atoms with Gasteiger partial charge in [0.05, 0.1) is 32.9 Å². The molecule has 8 nitrogen and oxygen atoms in total. The Hall–Kier alpha value is -4.45. The number of para-hydroxylation sites is 1. The lowest BCUT2D eigenvalue weighted by molar-refractivity contribution is -0.113. The number of phenols is 1. The van der Waals surface area contributed by atoms with E-state index < -0.39 is 11.9 Å². The summed E-state index contributed by atoms with van der Waals surface area (Å²) < 4.78 is 15.4. The fourth-order valence-electron chi connectivity index (χ4n) is 5.33. The van der Waals surface area contributed by atoms with Gasteiger partial charge in [0.1, 0.15) is 12.4 Å². The van der Waals surface area contributed by atoms with Crippen LogP contribution in [0.2, 0.25) is 0 Å². The average Bonchev–Trinajstić information content (AvgIpc) is 3.35. The number of benzene rings is 4. The Morgan fingerprint density at radius 3 is 2.47 bits per heavy atom. The third kappa shape index (κ3) is 6.97. The van der Waals surface area contributed by atoms with Gasteiger partial charge in [0, 0.05) is 15.7 Å². The van der Waals surface area contributed by atoms with Crippen LogP contribution < -0.4 is 29.7 Å². The average molecular weight is 776 g/mol. The van der Waals surface area contributed by atoms with Crippen LogP contribution in [0.15, 0.2) is 121 Å². The van der Waals surface area contributed by atoms with E-state index in [0.29, 0.717) is 56.4 Å². The van der Waals surface area contributed by atoms with Crippen molar-refractivity contribution in [1.29, 1.82) is 0 Å². The molecule has 0 bridgehead atoms. The van der Waals surface area contributed by atoms with Gasteiger partial charge in [-0.3, -0.25) is 14.2 Å². The second-order valence-corrected chi connectivity index (χ2v) is 13.4. The lowest BCUT2D eigenvalue weighted by Gasteiger charge is -2.26. The fraction of sp³-hybridized carbons (Fsp3) is 0.139. The van der Waals surface area contributed by atoms with Gasteiger partial charge >= 0.3 is 0 Å². The molecule has 1 aromatic heterocycles. The molecule has 47 heavy (non-hydrogen) atoms. The Morgan fingerprint density at radius 1 is 1.02 bits per heavy atom. The molecule has 238 valence electrons. The van der Waals surface area contributed by atoms with E-state index in [4.69, 9.17) is 14.5 Å². The van der Waals surface area contributed by atoms with Gasteiger partial charge in [-0.15, -0.1) is 0 Å². The SMILES string of the molecule is CCOc1cc([C@@H]2C(C(=O)Nc3ccccc3)=C(C)N=c3s/c(=C\c4cc(Br)cc(Br)c4OCc4ccccc4)c(=O)n32)ccc1O. The van der Waals surface area contributed by atoms with Crippen molar-refractivity contribution >= 4 is 60.9 Å². The molecule has 2 N–H and O–H groups in total. The number of ether oxygens (including phenoxy) is 2. The van der Waals surface area contributed by atoms with Crippen LogP contribution in [0, 0.1) is 0 Å². The van der Waals surface area contributed by atoms with Crippen LogP contribution in [-0.2, 0) is 11.4 Å². The van der Waals surface area contributed by atoms with Crippen molar-refractivity contribution in [2.45, 2.75) is 26.5 Å². The molecule has 0 unspecified atom stereocenters. The standard InChI is InChI=1S/C36H29Br2N3O5S/c1-3-45-29-17-23(14-15-28(29)42)32-31(34(43)40-26-12-8-5-9-13-26)21(2)39-36-41(32)35(44)30(47-36)18-24-16-25(37)19-27(38)33(24)46-20-22-10-6-4-7-11-22/h4-19,32,42H,3,20H2,1-2H3,(H,40,43)/b30-18-/t32-/m1/s1. The Kier molecular flexibility index (Phi) is 9.76. The molecule has 0 saturated carbocycles. The highest BCUT2D eigenvalue weighted by Gasteiger charge is 2.33. The van der Waals surface area contributed by atoms with Gasteiger partial charge in [0.2, 0.25) is 0 Å². The van der Waals surface area contributed by atoms with Crippen LogP contribution in [-0.4, -0.2) is 22.2 Å². The van der Waals surface area contributed by atoms with Crippen LogP contribution >= 0.6 is 43.2 Å². The number of fused-ring (bicyclic) bond motifs is 1. The predicted molar refractivity (Wildman–Crippen MR) is 191 cm³/mol. The monoisotopic (exact) mass is 773 g/mol. The van der Waals surface area contributed by atoms with E-state index in [0.717, 1.165) is 14.5 Å². The Morgan fingerprint density at radius 2 is 1.74 bits per heavy atom. The largest absolute Gasteiger partial charge is 0.504 e. The number of phenolic OH excluding ortho intramolecular Hbond substituents is 1. The number of carbonyl (C=O) groups excluding carboxylic acids is 1. The number of rotatable bonds is 9. The number of thiazole rings is 1. The minimum absolute atomic E-state index is 0.0396.